The van der Waals surface area contributed by atoms with Gasteiger partial charge in [-0.1, -0.05) is 12.1 Å². The average molecular weight is 280 g/mol. The van der Waals surface area contributed by atoms with Gasteiger partial charge in [-0.25, -0.2) is 4.98 Å². The molecule has 1 aromatic carbocycles. The van der Waals surface area contributed by atoms with Gasteiger partial charge < -0.3 is 5.32 Å². The van der Waals surface area contributed by atoms with Gasteiger partial charge in [-0.3, -0.25) is 14.3 Å². The molecule has 0 saturated heterocycles. The van der Waals surface area contributed by atoms with Crippen LogP contribution in [-0.4, -0.2) is 21.6 Å². The van der Waals surface area contributed by atoms with Crippen LogP contribution in [0.15, 0.2) is 47.4 Å². The minimum atomic E-state index is -0.0784. The number of aromatic nitrogens is 3. The molecule has 2 heterocycles. The standard InChI is InChI=1S/C16H16N4O/c1-11-16(21)20(15-6-4-3-5-14(15)19-11)10-13-9-12(17-2)7-8-18-13/h3-9H,10H2,1-2H3,(H,17,18). The third kappa shape index (κ3) is 2.50. The number of anilines is 1. The van der Waals surface area contributed by atoms with Crippen molar-refractivity contribution < 1.29 is 0 Å². The Morgan fingerprint density at radius 2 is 2.05 bits per heavy atom. The molecule has 0 radical (unpaired) electrons. The van der Waals surface area contributed by atoms with Gasteiger partial charge in [0.05, 0.1) is 23.3 Å². The molecular weight excluding hydrogens is 264 g/mol. The highest BCUT2D eigenvalue weighted by Crippen LogP contribution is 2.13. The fourth-order valence-corrected chi connectivity index (χ4v) is 2.36. The third-order valence-electron chi connectivity index (χ3n) is 3.44. The van der Waals surface area contributed by atoms with Gasteiger partial charge in [-0.05, 0) is 31.2 Å². The Kier molecular flexibility index (Phi) is 3.39. The van der Waals surface area contributed by atoms with Crippen molar-refractivity contribution in [3.63, 3.8) is 0 Å². The van der Waals surface area contributed by atoms with E-state index in [0.717, 1.165) is 22.4 Å². The molecule has 0 saturated carbocycles. The zero-order valence-corrected chi connectivity index (χ0v) is 12.0. The summed E-state index contributed by atoms with van der Waals surface area (Å²) in [6.07, 6.45) is 1.74. The highest BCUT2D eigenvalue weighted by Gasteiger charge is 2.09. The lowest BCUT2D eigenvalue weighted by molar-refractivity contribution is 0.756. The first-order valence-corrected chi connectivity index (χ1v) is 6.78. The van der Waals surface area contributed by atoms with E-state index in [2.05, 4.69) is 15.3 Å². The summed E-state index contributed by atoms with van der Waals surface area (Å²) in [5.41, 5.74) is 3.87. The first kappa shape index (κ1) is 13.3. The van der Waals surface area contributed by atoms with Crippen LogP contribution in [-0.2, 0) is 6.54 Å². The Hall–Kier alpha value is -2.69. The van der Waals surface area contributed by atoms with Crippen LogP contribution >= 0.6 is 0 Å². The Labute approximate surface area is 122 Å². The molecule has 0 bridgehead atoms. The van der Waals surface area contributed by atoms with Crippen LogP contribution in [0.3, 0.4) is 0 Å². The van der Waals surface area contributed by atoms with E-state index >= 15 is 0 Å². The van der Waals surface area contributed by atoms with Crippen molar-refractivity contribution >= 4 is 16.7 Å². The number of nitrogens with one attached hydrogen (secondary N) is 1. The van der Waals surface area contributed by atoms with E-state index in [1.54, 1.807) is 17.7 Å². The van der Waals surface area contributed by atoms with Crippen LogP contribution in [0.2, 0.25) is 0 Å². The van der Waals surface area contributed by atoms with Crippen LogP contribution in [0, 0.1) is 6.92 Å². The number of hydrogen-bond donors (Lipinski definition) is 1. The number of fused-ring (bicyclic) bond motifs is 1. The maximum Gasteiger partial charge on any atom is 0.272 e. The Morgan fingerprint density at radius 3 is 2.86 bits per heavy atom. The Morgan fingerprint density at radius 1 is 1.24 bits per heavy atom. The molecule has 0 spiro atoms. The molecule has 1 N–H and O–H groups in total. The van der Waals surface area contributed by atoms with E-state index in [-0.39, 0.29) is 5.56 Å². The molecule has 3 rings (SSSR count). The maximum absolute atomic E-state index is 12.4. The van der Waals surface area contributed by atoms with Crippen LogP contribution in [0.25, 0.3) is 11.0 Å². The van der Waals surface area contributed by atoms with Crippen molar-refractivity contribution in [1.82, 2.24) is 14.5 Å². The second-order valence-corrected chi connectivity index (χ2v) is 4.86. The van der Waals surface area contributed by atoms with Gasteiger partial charge in [0.2, 0.25) is 0 Å². The van der Waals surface area contributed by atoms with Crippen LogP contribution in [0.5, 0.6) is 0 Å². The quantitative estimate of drug-likeness (QED) is 0.799. The van der Waals surface area contributed by atoms with Gasteiger partial charge in [0.1, 0.15) is 5.69 Å². The smallest absolute Gasteiger partial charge is 0.272 e. The zero-order chi connectivity index (χ0) is 14.8. The minimum absolute atomic E-state index is 0.0784. The van der Waals surface area contributed by atoms with Crippen LogP contribution in [0.1, 0.15) is 11.4 Å². The summed E-state index contributed by atoms with van der Waals surface area (Å²) >= 11 is 0. The monoisotopic (exact) mass is 280 g/mol. The molecule has 0 unspecified atom stereocenters. The molecule has 2 aromatic heterocycles. The first-order valence-electron chi connectivity index (χ1n) is 6.78. The predicted molar refractivity (Wildman–Crippen MR) is 83.6 cm³/mol. The van der Waals surface area contributed by atoms with Crippen LogP contribution < -0.4 is 10.9 Å². The number of rotatable bonds is 3. The van der Waals surface area contributed by atoms with E-state index in [9.17, 15) is 4.79 Å². The topological polar surface area (TPSA) is 59.8 Å². The first-order chi connectivity index (χ1) is 10.2. The number of para-hydroxylation sites is 2. The normalized spacial score (nSPS) is 10.8. The van der Waals surface area contributed by atoms with Crippen molar-refractivity contribution in [2.45, 2.75) is 13.5 Å². The van der Waals surface area contributed by atoms with E-state index in [1.165, 1.54) is 0 Å². The predicted octanol–water partition coefficient (Wildman–Crippen LogP) is 2.19. The molecular formula is C16H16N4O. The van der Waals surface area contributed by atoms with Gasteiger partial charge in [0.15, 0.2) is 0 Å². The molecule has 3 aromatic rings. The number of hydrogen-bond acceptors (Lipinski definition) is 4. The summed E-state index contributed by atoms with van der Waals surface area (Å²) < 4.78 is 1.72. The Bertz CT molecular complexity index is 854. The second kappa shape index (κ2) is 5.36. The lowest BCUT2D eigenvalue weighted by Gasteiger charge is -2.11. The molecule has 0 fully saturated rings. The fourth-order valence-electron chi connectivity index (χ4n) is 2.36. The van der Waals surface area contributed by atoms with Crippen molar-refractivity contribution in [2.24, 2.45) is 0 Å². The summed E-state index contributed by atoms with van der Waals surface area (Å²) in [5.74, 6) is 0. The molecule has 0 atom stereocenters. The van der Waals surface area contributed by atoms with Crippen LogP contribution in [0.4, 0.5) is 5.69 Å². The average Bonchev–Trinajstić information content (AvgIpc) is 2.52. The molecule has 21 heavy (non-hydrogen) atoms. The number of pyridine rings is 1. The van der Waals surface area contributed by atoms with E-state index < -0.39 is 0 Å². The Balaban J connectivity index is 2.15. The molecule has 106 valence electrons. The molecule has 5 heteroatoms. The highest BCUT2D eigenvalue weighted by atomic mass is 16.1. The largest absolute Gasteiger partial charge is 0.388 e. The van der Waals surface area contributed by atoms with Gasteiger partial charge >= 0.3 is 0 Å². The molecule has 0 aliphatic rings. The summed E-state index contributed by atoms with van der Waals surface area (Å²) in [7, 11) is 1.86. The molecule has 0 aliphatic carbocycles. The van der Waals surface area contributed by atoms with Crippen molar-refractivity contribution in [3.05, 3.63) is 64.3 Å². The third-order valence-corrected chi connectivity index (χ3v) is 3.44. The summed E-state index contributed by atoms with van der Waals surface area (Å²) in [4.78, 5) is 21.1. The summed E-state index contributed by atoms with van der Waals surface area (Å²) in [6, 6.07) is 11.5. The summed E-state index contributed by atoms with van der Waals surface area (Å²) in [6.45, 7) is 2.17. The van der Waals surface area contributed by atoms with Crippen molar-refractivity contribution in [2.75, 3.05) is 12.4 Å². The van der Waals surface area contributed by atoms with Gasteiger partial charge in [0, 0.05) is 18.9 Å². The number of nitrogens with zero attached hydrogens (tertiary/aromatic N) is 3. The maximum atomic E-state index is 12.4. The lowest BCUT2D eigenvalue weighted by Crippen LogP contribution is -2.25. The van der Waals surface area contributed by atoms with Gasteiger partial charge in [-0.2, -0.15) is 0 Å². The lowest BCUT2D eigenvalue weighted by atomic mass is 10.2. The zero-order valence-electron chi connectivity index (χ0n) is 12.0. The number of aryl methyl sites for hydroxylation is 1. The second-order valence-electron chi connectivity index (χ2n) is 4.86. The van der Waals surface area contributed by atoms with Gasteiger partial charge in [0.25, 0.3) is 5.56 Å². The molecule has 0 aliphatic heterocycles. The highest BCUT2D eigenvalue weighted by molar-refractivity contribution is 5.74. The molecule has 5 nitrogen and oxygen atoms in total. The SMILES string of the molecule is CNc1ccnc(Cn2c(=O)c(C)nc3ccccc32)c1. The summed E-state index contributed by atoms with van der Waals surface area (Å²) in [5, 5.41) is 3.08. The number of benzene rings is 1. The fraction of sp³-hybridized carbons (Fsp3) is 0.188. The van der Waals surface area contributed by atoms with E-state index in [1.807, 2.05) is 43.4 Å². The van der Waals surface area contributed by atoms with E-state index in [0.29, 0.717) is 12.2 Å². The molecule has 0 amide bonds. The van der Waals surface area contributed by atoms with Crippen molar-refractivity contribution in [1.29, 1.82) is 0 Å². The van der Waals surface area contributed by atoms with Gasteiger partial charge in [-0.15, -0.1) is 0 Å². The minimum Gasteiger partial charge on any atom is -0.388 e. The van der Waals surface area contributed by atoms with E-state index in [4.69, 9.17) is 0 Å². The van der Waals surface area contributed by atoms with Crippen molar-refractivity contribution in [3.8, 4) is 0 Å².